The first-order chi connectivity index (χ1) is 15.7. The zero-order valence-electron chi connectivity index (χ0n) is 18.6. The van der Waals surface area contributed by atoms with Gasteiger partial charge >= 0.3 is 0 Å². The van der Waals surface area contributed by atoms with Crippen LogP contribution in [0.5, 0.6) is 11.5 Å². The van der Waals surface area contributed by atoms with Crippen molar-refractivity contribution in [3.05, 3.63) is 78.1 Å². The summed E-state index contributed by atoms with van der Waals surface area (Å²) < 4.78 is 11.0. The summed E-state index contributed by atoms with van der Waals surface area (Å²) in [6, 6.07) is 18.3. The van der Waals surface area contributed by atoms with Gasteiger partial charge in [-0.2, -0.15) is 0 Å². The van der Waals surface area contributed by atoms with Crippen molar-refractivity contribution in [3.8, 4) is 22.6 Å². The second-order valence-electron chi connectivity index (χ2n) is 8.02. The van der Waals surface area contributed by atoms with Gasteiger partial charge in [-0.25, -0.2) is 0 Å². The summed E-state index contributed by atoms with van der Waals surface area (Å²) in [5.74, 6) is 1.45. The summed E-state index contributed by atoms with van der Waals surface area (Å²) in [6.45, 7) is 2.81. The van der Waals surface area contributed by atoms with E-state index in [4.69, 9.17) is 9.47 Å². The minimum atomic E-state index is -0.127. The number of hydrogen-bond acceptors (Lipinski definition) is 5. The molecule has 0 radical (unpaired) electrons. The Morgan fingerprint density at radius 1 is 1.06 bits per heavy atom. The molecule has 0 bridgehead atoms. The Hall–Kier alpha value is -3.38. The number of hydrogen-bond donors (Lipinski definition) is 1. The van der Waals surface area contributed by atoms with Crippen LogP contribution in [0, 0.1) is 5.92 Å². The molecule has 1 aliphatic rings. The standard InChI is InChI=1S/C26H29N3O3/c1-31-24-10-4-8-22(25(24)32-2)17-29-13-12-28-26(30)23(18-29)15-19-6-3-7-20(14-19)21-9-5-11-27-16-21/h3-11,14,16,23H,12-13,15,17-18H2,1-2H3,(H,28,30)/t23-/m0/s1. The Morgan fingerprint density at radius 2 is 1.91 bits per heavy atom. The largest absolute Gasteiger partial charge is 0.493 e. The van der Waals surface area contributed by atoms with Gasteiger partial charge in [-0.05, 0) is 35.2 Å². The third-order valence-electron chi connectivity index (χ3n) is 5.86. The van der Waals surface area contributed by atoms with E-state index in [1.54, 1.807) is 20.4 Å². The minimum Gasteiger partial charge on any atom is -0.493 e. The maximum Gasteiger partial charge on any atom is 0.224 e. The highest BCUT2D eigenvalue weighted by molar-refractivity contribution is 5.79. The second-order valence-corrected chi connectivity index (χ2v) is 8.02. The number of methoxy groups -OCH3 is 2. The second kappa shape index (κ2) is 10.3. The zero-order chi connectivity index (χ0) is 22.3. The van der Waals surface area contributed by atoms with Crippen LogP contribution in [0.3, 0.4) is 0 Å². The Kier molecular flexibility index (Phi) is 7.02. The number of carbonyl (C=O) groups is 1. The van der Waals surface area contributed by atoms with Crippen LogP contribution in [0.2, 0.25) is 0 Å². The number of nitrogens with one attached hydrogen (secondary N) is 1. The summed E-state index contributed by atoms with van der Waals surface area (Å²) in [5, 5.41) is 3.08. The van der Waals surface area contributed by atoms with Crippen LogP contribution in [0.15, 0.2) is 67.0 Å². The van der Waals surface area contributed by atoms with Crippen molar-refractivity contribution in [3.63, 3.8) is 0 Å². The molecule has 0 aliphatic carbocycles. The van der Waals surface area contributed by atoms with Gasteiger partial charge < -0.3 is 14.8 Å². The van der Waals surface area contributed by atoms with E-state index in [1.807, 2.05) is 42.6 Å². The number of aromatic nitrogens is 1. The fourth-order valence-corrected chi connectivity index (χ4v) is 4.28. The highest BCUT2D eigenvalue weighted by atomic mass is 16.5. The van der Waals surface area contributed by atoms with Crippen LogP contribution in [0.25, 0.3) is 11.1 Å². The third-order valence-corrected chi connectivity index (χ3v) is 5.86. The molecule has 1 N–H and O–H groups in total. The Balaban J connectivity index is 1.51. The highest BCUT2D eigenvalue weighted by Crippen LogP contribution is 2.32. The molecule has 166 valence electrons. The molecule has 1 fully saturated rings. The molecule has 1 saturated heterocycles. The molecule has 0 saturated carbocycles. The number of para-hydroxylation sites is 1. The smallest absolute Gasteiger partial charge is 0.224 e. The molecule has 2 heterocycles. The lowest BCUT2D eigenvalue weighted by atomic mass is 9.95. The number of amides is 1. The van der Waals surface area contributed by atoms with E-state index in [0.717, 1.165) is 40.3 Å². The summed E-state index contributed by atoms with van der Waals surface area (Å²) >= 11 is 0. The van der Waals surface area contributed by atoms with Crippen molar-refractivity contribution in [2.75, 3.05) is 33.9 Å². The third kappa shape index (κ3) is 5.08. The molecule has 0 spiro atoms. The molecule has 1 aliphatic heterocycles. The molecule has 2 aromatic carbocycles. The van der Waals surface area contributed by atoms with Gasteiger partial charge in [-0.3, -0.25) is 14.7 Å². The molecule has 4 rings (SSSR count). The predicted molar refractivity (Wildman–Crippen MR) is 125 cm³/mol. The maximum atomic E-state index is 12.8. The van der Waals surface area contributed by atoms with Crippen molar-refractivity contribution in [2.24, 2.45) is 5.92 Å². The lowest BCUT2D eigenvalue weighted by molar-refractivity contribution is -0.124. The summed E-state index contributed by atoms with van der Waals surface area (Å²) in [7, 11) is 3.30. The number of rotatable bonds is 7. The number of carbonyl (C=O) groups excluding carboxylic acids is 1. The van der Waals surface area contributed by atoms with E-state index in [9.17, 15) is 4.79 Å². The van der Waals surface area contributed by atoms with Crippen molar-refractivity contribution in [1.29, 1.82) is 0 Å². The Labute approximate surface area is 189 Å². The highest BCUT2D eigenvalue weighted by Gasteiger charge is 2.26. The van der Waals surface area contributed by atoms with Crippen molar-refractivity contribution < 1.29 is 14.3 Å². The van der Waals surface area contributed by atoms with Crippen LogP contribution >= 0.6 is 0 Å². The Morgan fingerprint density at radius 3 is 2.69 bits per heavy atom. The molecule has 1 atom stereocenters. The molecular weight excluding hydrogens is 402 g/mol. The number of pyridine rings is 1. The van der Waals surface area contributed by atoms with Gasteiger partial charge in [0.25, 0.3) is 0 Å². The number of ether oxygens (including phenoxy) is 2. The molecule has 32 heavy (non-hydrogen) atoms. The summed E-state index contributed by atoms with van der Waals surface area (Å²) in [6.07, 6.45) is 4.32. The van der Waals surface area contributed by atoms with Gasteiger partial charge in [0.2, 0.25) is 5.91 Å². The molecule has 1 amide bonds. The maximum absolute atomic E-state index is 12.8. The van der Waals surface area contributed by atoms with E-state index in [0.29, 0.717) is 26.1 Å². The van der Waals surface area contributed by atoms with Crippen LogP contribution in [0.4, 0.5) is 0 Å². The molecule has 6 heteroatoms. The average molecular weight is 432 g/mol. The van der Waals surface area contributed by atoms with E-state index < -0.39 is 0 Å². The first-order valence-electron chi connectivity index (χ1n) is 10.9. The summed E-state index contributed by atoms with van der Waals surface area (Å²) in [4.78, 5) is 19.3. The molecule has 3 aromatic rings. The number of nitrogens with zero attached hydrogens (tertiary/aromatic N) is 2. The Bertz CT molecular complexity index is 1060. The first kappa shape index (κ1) is 21.8. The number of benzene rings is 2. The zero-order valence-corrected chi connectivity index (χ0v) is 18.6. The molecule has 1 aromatic heterocycles. The monoisotopic (exact) mass is 431 g/mol. The minimum absolute atomic E-state index is 0.108. The van der Waals surface area contributed by atoms with Gasteiger partial charge in [-0.1, -0.05) is 42.5 Å². The molecular formula is C26H29N3O3. The SMILES string of the molecule is COc1cccc(CN2CCNC(=O)[C@@H](Cc3cccc(-c4cccnc4)c3)C2)c1OC. The quantitative estimate of drug-likeness (QED) is 0.620. The van der Waals surface area contributed by atoms with Gasteiger partial charge in [0.05, 0.1) is 20.1 Å². The van der Waals surface area contributed by atoms with Gasteiger partial charge in [0, 0.05) is 44.1 Å². The van der Waals surface area contributed by atoms with E-state index in [2.05, 4.69) is 33.4 Å². The fourth-order valence-electron chi connectivity index (χ4n) is 4.28. The fraction of sp³-hybridized carbons (Fsp3) is 0.308. The van der Waals surface area contributed by atoms with Crippen molar-refractivity contribution in [2.45, 2.75) is 13.0 Å². The van der Waals surface area contributed by atoms with Crippen LogP contribution in [-0.2, 0) is 17.8 Å². The molecule has 6 nitrogen and oxygen atoms in total. The first-order valence-corrected chi connectivity index (χ1v) is 10.9. The normalized spacial score (nSPS) is 16.8. The predicted octanol–water partition coefficient (Wildman–Crippen LogP) is 3.56. The lowest BCUT2D eigenvalue weighted by Crippen LogP contribution is -2.33. The lowest BCUT2D eigenvalue weighted by Gasteiger charge is -2.24. The van der Waals surface area contributed by atoms with Gasteiger partial charge in [-0.15, -0.1) is 0 Å². The van der Waals surface area contributed by atoms with Crippen LogP contribution in [-0.4, -0.2) is 49.6 Å². The van der Waals surface area contributed by atoms with Gasteiger partial charge in [0.1, 0.15) is 0 Å². The topological polar surface area (TPSA) is 63.7 Å². The van der Waals surface area contributed by atoms with E-state index in [1.165, 1.54) is 0 Å². The van der Waals surface area contributed by atoms with Crippen LogP contribution in [0.1, 0.15) is 11.1 Å². The summed E-state index contributed by atoms with van der Waals surface area (Å²) in [5.41, 5.74) is 4.39. The van der Waals surface area contributed by atoms with Crippen molar-refractivity contribution in [1.82, 2.24) is 15.2 Å². The van der Waals surface area contributed by atoms with Crippen molar-refractivity contribution >= 4 is 5.91 Å². The van der Waals surface area contributed by atoms with Crippen LogP contribution < -0.4 is 14.8 Å². The van der Waals surface area contributed by atoms with Gasteiger partial charge in [0.15, 0.2) is 11.5 Å². The van der Waals surface area contributed by atoms with E-state index >= 15 is 0 Å². The molecule has 0 unspecified atom stereocenters. The van der Waals surface area contributed by atoms with E-state index in [-0.39, 0.29) is 11.8 Å². The average Bonchev–Trinajstić information content (AvgIpc) is 3.00.